The predicted octanol–water partition coefficient (Wildman–Crippen LogP) is 4.43. The van der Waals surface area contributed by atoms with E-state index in [-0.39, 0.29) is 35.0 Å². The van der Waals surface area contributed by atoms with Crippen molar-refractivity contribution < 1.29 is 18.3 Å². The number of ether oxygens (including phenoxy) is 1. The summed E-state index contributed by atoms with van der Waals surface area (Å²) in [5.41, 5.74) is 7.71. The molecule has 5 rings (SSSR count). The summed E-state index contributed by atoms with van der Waals surface area (Å²) in [7, 11) is 1.38. The second-order valence-electron chi connectivity index (χ2n) is 8.68. The van der Waals surface area contributed by atoms with Gasteiger partial charge in [-0.15, -0.1) is 0 Å². The van der Waals surface area contributed by atoms with Gasteiger partial charge in [0, 0.05) is 36.7 Å². The molecular weight excluding hydrogens is 440 g/mol. The number of rotatable bonds is 5. The highest BCUT2D eigenvalue weighted by atomic mass is 19.1. The zero-order chi connectivity index (χ0) is 24.0. The number of imidazole rings is 1. The molecule has 2 aliphatic rings. The summed E-state index contributed by atoms with van der Waals surface area (Å²) in [6.07, 6.45) is 2.45. The van der Waals surface area contributed by atoms with Crippen molar-refractivity contribution in [2.75, 3.05) is 20.2 Å². The minimum absolute atomic E-state index is 0.0778. The fraction of sp³-hybridized carbons (Fsp3) is 0.320. The van der Waals surface area contributed by atoms with Gasteiger partial charge in [-0.1, -0.05) is 12.1 Å². The highest BCUT2D eigenvalue weighted by molar-refractivity contribution is 5.95. The minimum atomic E-state index is -0.686. The second kappa shape index (κ2) is 8.54. The normalized spacial score (nSPS) is 17.6. The Kier molecular flexibility index (Phi) is 5.54. The number of carbonyl (C=O) groups is 1. The number of halogens is 2. The predicted molar refractivity (Wildman–Crippen MR) is 122 cm³/mol. The number of nitrogens with zero attached hydrogens (tertiary/aromatic N) is 4. The molecule has 1 aromatic heterocycles. The molecule has 1 saturated carbocycles. The molecule has 1 saturated heterocycles. The van der Waals surface area contributed by atoms with Crippen LogP contribution in [0.25, 0.3) is 21.9 Å². The first-order valence-corrected chi connectivity index (χ1v) is 11.1. The number of likely N-dealkylation sites (tertiary alicyclic amines) is 1. The van der Waals surface area contributed by atoms with E-state index < -0.39 is 11.6 Å². The van der Waals surface area contributed by atoms with Gasteiger partial charge in [0.1, 0.15) is 11.6 Å². The van der Waals surface area contributed by atoms with Crippen LogP contribution in [0.2, 0.25) is 0 Å². The van der Waals surface area contributed by atoms with Crippen molar-refractivity contribution in [1.82, 2.24) is 14.5 Å². The number of hydrogen-bond donors (Lipinski definition) is 1. The molecule has 34 heavy (non-hydrogen) atoms. The van der Waals surface area contributed by atoms with Gasteiger partial charge in [-0.2, -0.15) is 0 Å². The maximum absolute atomic E-state index is 14.7. The van der Waals surface area contributed by atoms with E-state index in [1.54, 1.807) is 21.6 Å². The van der Waals surface area contributed by atoms with Gasteiger partial charge in [0.25, 0.3) is 5.91 Å². The van der Waals surface area contributed by atoms with Crippen molar-refractivity contribution in [3.8, 4) is 22.8 Å². The third-order valence-electron chi connectivity index (χ3n) is 6.31. The van der Waals surface area contributed by atoms with Gasteiger partial charge in [0.15, 0.2) is 17.3 Å². The molecule has 9 heteroatoms. The van der Waals surface area contributed by atoms with Crippen LogP contribution in [-0.4, -0.2) is 46.6 Å². The van der Waals surface area contributed by atoms with Crippen LogP contribution in [0.5, 0.6) is 5.75 Å². The lowest BCUT2D eigenvalue weighted by atomic mass is 10.1. The molecule has 1 aliphatic carbocycles. The van der Waals surface area contributed by atoms with Crippen molar-refractivity contribution in [3.05, 3.63) is 70.8 Å². The molecule has 7 nitrogen and oxygen atoms in total. The molecule has 174 valence electrons. The topological polar surface area (TPSA) is 77.7 Å². The molecule has 2 aromatic carbocycles. The largest absolute Gasteiger partial charge is 0.494 e. The number of methoxy groups -OCH3 is 1. The molecule has 2 fully saturated rings. The monoisotopic (exact) mass is 463 g/mol. The summed E-state index contributed by atoms with van der Waals surface area (Å²) in [6.45, 7) is 8.10. The first-order valence-electron chi connectivity index (χ1n) is 11.1. The number of carbonyl (C=O) groups excluding carboxylic acids is 1. The molecule has 3 aromatic rings. The van der Waals surface area contributed by atoms with E-state index in [0.717, 1.165) is 12.8 Å². The average Bonchev–Trinajstić information content (AvgIpc) is 3.45. The van der Waals surface area contributed by atoms with E-state index in [9.17, 15) is 13.6 Å². The molecule has 2 heterocycles. The van der Waals surface area contributed by atoms with Crippen molar-refractivity contribution in [1.29, 1.82) is 0 Å². The Balaban J connectivity index is 1.73. The van der Waals surface area contributed by atoms with Gasteiger partial charge in [-0.25, -0.2) is 18.6 Å². The van der Waals surface area contributed by atoms with Crippen molar-refractivity contribution in [2.24, 2.45) is 5.73 Å². The SMILES string of the molecule is [C-]#[N+]c1ccc(-c2nc(C(=O)N3CC[C@@H](N)C3)c(C3CC3)n2-c2ccc(OC)c(F)c2)cc1F. The fourth-order valence-corrected chi connectivity index (χ4v) is 4.43. The van der Waals surface area contributed by atoms with Gasteiger partial charge >= 0.3 is 0 Å². The number of aromatic nitrogens is 2. The Morgan fingerprint density at radius 1 is 1.18 bits per heavy atom. The van der Waals surface area contributed by atoms with Gasteiger partial charge in [0.05, 0.1) is 25.1 Å². The first-order chi connectivity index (χ1) is 16.4. The second-order valence-corrected chi connectivity index (χ2v) is 8.68. The summed E-state index contributed by atoms with van der Waals surface area (Å²) >= 11 is 0. The Bertz CT molecular complexity index is 1330. The quantitative estimate of drug-likeness (QED) is 0.568. The van der Waals surface area contributed by atoms with E-state index in [4.69, 9.17) is 17.0 Å². The number of nitrogens with two attached hydrogens (primary N) is 1. The van der Waals surface area contributed by atoms with Crippen LogP contribution in [0.15, 0.2) is 36.4 Å². The first kappa shape index (κ1) is 22.0. The van der Waals surface area contributed by atoms with Gasteiger partial charge in [-0.3, -0.25) is 9.36 Å². The molecule has 0 bridgehead atoms. The van der Waals surface area contributed by atoms with E-state index in [2.05, 4.69) is 9.83 Å². The van der Waals surface area contributed by atoms with Crippen molar-refractivity contribution in [3.63, 3.8) is 0 Å². The molecule has 0 unspecified atom stereocenters. The lowest BCUT2D eigenvalue weighted by molar-refractivity contribution is 0.0784. The number of amides is 1. The highest BCUT2D eigenvalue weighted by Crippen LogP contribution is 2.45. The lowest BCUT2D eigenvalue weighted by Crippen LogP contribution is -2.32. The number of benzene rings is 2. The van der Waals surface area contributed by atoms with Crippen molar-refractivity contribution in [2.45, 2.75) is 31.2 Å². The van der Waals surface area contributed by atoms with Crippen LogP contribution < -0.4 is 10.5 Å². The summed E-state index contributed by atoms with van der Waals surface area (Å²) < 4.78 is 36.0. The van der Waals surface area contributed by atoms with Gasteiger partial charge in [-0.05, 0) is 37.5 Å². The van der Waals surface area contributed by atoms with Crippen LogP contribution in [-0.2, 0) is 0 Å². The molecule has 0 radical (unpaired) electrons. The zero-order valence-corrected chi connectivity index (χ0v) is 18.6. The molecular formula is C25H23F2N5O2. The summed E-state index contributed by atoms with van der Waals surface area (Å²) in [5.74, 6) is -0.998. The third kappa shape index (κ3) is 3.80. The average molecular weight is 463 g/mol. The van der Waals surface area contributed by atoms with Crippen LogP contribution in [0.3, 0.4) is 0 Å². The molecule has 1 atom stereocenters. The van der Waals surface area contributed by atoms with Crippen LogP contribution in [0.1, 0.15) is 41.4 Å². The Labute approximate surface area is 195 Å². The van der Waals surface area contributed by atoms with E-state index in [0.29, 0.717) is 42.3 Å². The zero-order valence-electron chi connectivity index (χ0n) is 18.6. The van der Waals surface area contributed by atoms with Crippen LogP contribution >= 0.6 is 0 Å². The van der Waals surface area contributed by atoms with Crippen LogP contribution in [0, 0.1) is 18.2 Å². The molecule has 1 amide bonds. The van der Waals surface area contributed by atoms with E-state index >= 15 is 0 Å². The number of hydrogen-bond acceptors (Lipinski definition) is 4. The van der Waals surface area contributed by atoms with Crippen LogP contribution in [0.4, 0.5) is 14.5 Å². The maximum atomic E-state index is 14.7. The standard InChI is InChI=1S/C25H23F2N5O2/c1-29-20-7-5-15(11-18(20)26)24-30-22(25(33)31-10-9-16(28)13-31)23(14-3-4-14)32(24)17-6-8-21(34-2)19(27)12-17/h5-8,11-12,14,16H,3-4,9-10,13,28H2,2H3/t16-/m1/s1. The third-order valence-corrected chi connectivity index (χ3v) is 6.31. The highest BCUT2D eigenvalue weighted by Gasteiger charge is 2.38. The molecule has 0 spiro atoms. The van der Waals surface area contributed by atoms with E-state index in [1.807, 2.05) is 0 Å². The molecule has 2 N–H and O–H groups in total. The Morgan fingerprint density at radius 2 is 1.97 bits per heavy atom. The summed E-state index contributed by atoms with van der Waals surface area (Å²) in [5, 5.41) is 0. The summed E-state index contributed by atoms with van der Waals surface area (Å²) in [6, 6.07) is 8.62. The Morgan fingerprint density at radius 3 is 2.56 bits per heavy atom. The van der Waals surface area contributed by atoms with Gasteiger partial charge in [0.2, 0.25) is 5.69 Å². The van der Waals surface area contributed by atoms with E-state index in [1.165, 1.54) is 31.4 Å². The molecule has 1 aliphatic heterocycles. The summed E-state index contributed by atoms with van der Waals surface area (Å²) in [4.78, 5) is 23.0. The smallest absolute Gasteiger partial charge is 0.274 e. The maximum Gasteiger partial charge on any atom is 0.274 e. The fourth-order valence-electron chi connectivity index (χ4n) is 4.43. The van der Waals surface area contributed by atoms with Crippen molar-refractivity contribution >= 4 is 11.6 Å². The minimum Gasteiger partial charge on any atom is -0.494 e. The Hall–Kier alpha value is -3.77. The lowest BCUT2D eigenvalue weighted by Gasteiger charge is -2.16. The van der Waals surface area contributed by atoms with Gasteiger partial charge < -0.3 is 15.4 Å².